The van der Waals surface area contributed by atoms with Crippen LogP contribution in [-0.2, 0) is 0 Å². The Hall–Kier alpha value is -4.84. The lowest BCUT2D eigenvalue weighted by Crippen LogP contribution is -2.10. The summed E-state index contributed by atoms with van der Waals surface area (Å²) < 4.78 is 23.0. The van der Waals surface area contributed by atoms with Crippen molar-refractivity contribution in [3.8, 4) is 23.0 Å². The highest BCUT2D eigenvalue weighted by atomic mass is 16.5. The van der Waals surface area contributed by atoms with Gasteiger partial charge in [0, 0.05) is 0 Å². The maximum atomic E-state index is 12.8. The first-order valence-electron chi connectivity index (χ1n) is 21.3. The minimum Gasteiger partial charge on any atom is -0.494 e. The van der Waals surface area contributed by atoms with Crippen LogP contribution in [0.1, 0.15) is 161 Å². The molecule has 0 bridgehead atoms. The topological polar surface area (TPSA) is 71.1 Å². The van der Waals surface area contributed by atoms with E-state index in [1.54, 1.807) is 60.7 Å². The number of carbonyl (C=O) groups excluding carboxylic acids is 2. The van der Waals surface area contributed by atoms with E-state index in [9.17, 15) is 9.59 Å². The lowest BCUT2D eigenvalue weighted by Gasteiger charge is -2.08. The molecular formula is C50H64O6. The second-order valence-electron chi connectivity index (χ2n) is 14.7. The Morgan fingerprint density at radius 3 is 1.29 bits per heavy atom. The van der Waals surface area contributed by atoms with Crippen LogP contribution in [0.25, 0.3) is 12.2 Å². The van der Waals surface area contributed by atoms with E-state index >= 15 is 0 Å². The third kappa shape index (κ3) is 17.7. The highest BCUT2D eigenvalue weighted by Gasteiger charge is 2.12. The lowest BCUT2D eigenvalue weighted by molar-refractivity contribution is 0.0730. The van der Waals surface area contributed by atoms with E-state index in [4.69, 9.17) is 18.9 Å². The Morgan fingerprint density at radius 2 is 0.804 bits per heavy atom. The first-order valence-corrected chi connectivity index (χ1v) is 21.3. The summed E-state index contributed by atoms with van der Waals surface area (Å²) >= 11 is 0. The van der Waals surface area contributed by atoms with Gasteiger partial charge < -0.3 is 18.9 Å². The number of rotatable bonds is 28. The van der Waals surface area contributed by atoms with Gasteiger partial charge >= 0.3 is 11.9 Å². The second kappa shape index (κ2) is 26.9. The quantitative estimate of drug-likeness (QED) is 0.0248. The van der Waals surface area contributed by atoms with Crippen LogP contribution < -0.4 is 18.9 Å². The molecule has 4 aromatic rings. The zero-order chi connectivity index (χ0) is 39.5. The highest BCUT2D eigenvalue weighted by Crippen LogP contribution is 2.21. The van der Waals surface area contributed by atoms with Crippen molar-refractivity contribution >= 4 is 24.1 Å². The monoisotopic (exact) mass is 760 g/mol. The third-order valence-electron chi connectivity index (χ3n) is 9.84. The average Bonchev–Trinajstić information content (AvgIpc) is 3.22. The summed E-state index contributed by atoms with van der Waals surface area (Å²) in [5.74, 6) is 1.42. The van der Waals surface area contributed by atoms with Crippen LogP contribution in [-0.4, -0.2) is 25.2 Å². The van der Waals surface area contributed by atoms with Gasteiger partial charge in [-0.05, 0) is 96.8 Å². The summed E-state index contributed by atoms with van der Waals surface area (Å²) in [4.78, 5) is 25.6. The van der Waals surface area contributed by atoms with Crippen molar-refractivity contribution < 1.29 is 28.5 Å². The molecule has 0 aliphatic heterocycles. The highest BCUT2D eigenvalue weighted by molar-refractivity contribution is 5.92. The molecule has 0 aromatic heterocycles. The van der Waals surface area contributed by atoms with E-state index in [-0.39, 0.29) is 0 Å². The van der Waals surface area contributed by atoms with Crippen molar-refractivity contribution in [3.63, 3.8) is 0 Å². The average molecular weight is 761 g/mol. The van der Waals surface area contributed by atoms with Crippen molar-refractivity contribution in [1.29, 1.82) is 0 Å². The van der Waals surface area contributed by atoms with Gasteiger partial charge in [-0.25, -0.2) is 9.59 Å². The van der Waals surface area contributed by atoms with Crippen molar-refractivity contribution in [2.24, 2.45) is 0 Å². The predicted molar refractivity (Wildman–Crippen MR) is 230 cm³/mol. The molecule has 4 aromatic carbocycles. The standard InChI is InChI=1S/C50H64O6/c1-3-5-7-9-11-13-14-16-17-19-38-53-45-34-28-43(29-35-45)49(51)56-47-36-30-44(31-37-47)50(52)55-46-32-26-41(27-33-46)24-25-42-22-21-23-48(40-42)54-39-20-18-15-12-10-8-6-4-2/h21-37,40H,3-20,38-39H2,1-2H3/b25-24+. The molecule has 300 valence electrons. The van der Waals surface area contributed by atoms with Gasteiger partial charge in [0.05, 0.1) is 24.3 Å². The first kappa shape index (κ1) is 43.9. The fourth-order valence-corrected chi connectivity index (χ4v) is 6.43. The molecule has 0 spiro atoms. The van der Waals surface area contributed by atoms with Crippen LogP contribution in [0.4, 0.5) is 0 Å². The van der Waals surface area contributed by atoms with Crippen LogP contribution >= 0.6 is 0 Å². The number of hydrogen-bond donors (Lipinski definition) is 0. The van der Waals surface area contributed by atoms with E-state index in [1.165, 1.54) is 103 Å². The first-order chi connectivity index (χ1) is 27.5. The van der Waals surface area contributed by atoms with E-state index in [0.29, 0.717) is 29.2 Å². The van der Waals surface area contributed by atoms with Gasteiger partial charge in [0.25, 0.3) is 0 Å². The van der Waals surface area contributed by atoms with Crippen molar-refractivity contribution in [2.45, 2.75) is 129 Å². The van der Waals surface area contributed by atoms with Gasteiger partial charge in [0.2, 0.25) is 0 Å². The van der Waals surface area contributed by atoms with Gasteiger partial charge in [-0.1, -0.05) is 153 Å². The van der Waals surface area contributed by atoms with Crippen LogP contribution in [0.3, 0.4) is 0 Å². The molecule has 4 rings (SSSR count). The number of ether oxygens (including phenoxy) is 4. The van der Waals surface area contributed by atoms with Crippen molar-refractivity contribution in [3.05, 3.63) is 119 Å². The van der Waals surface area contributed by atoms with Crippen molar-refractivity contribution in [2.75, 3.05) is 13.2 Å². The van der Waals surface area contributed by atoms with Gasteiger partial charge in [-0.2, -0.15) is 0 Å². The molecular weight excluding hydrogens is 697 g/mol. The summed E-state index contributed by atoms with van der Waals surface area (Å²) in [6, 6.07) is 28.8. The van der Waals surface area contributed by atoms with E-state index in [1.807, 2.05) is 36.4 Å². The molecule has 0 heterocycles. The van der Waals surface area contributed by atoms with Crippen molar-refractivity contribution in [1.82, 2.24) is 0 Å². The van der Waals surface area contributed by atoms with Crippen LogP contribution in [0.5, 0.6) is 23.0 Å². The fourth-order valence-electron chi connectivity index (χ4n) is 6.43. The minimum absolute atomic E-state index is 0.338. The smallest absolute Gasteiger partial charge is 0.343 e. The van der Waals surface area contributed by atoms with Crippen LogP contribution in [0.15, 0.2) is 97.1 Å². The second-order valence-corrected chi connectivity index (χ2v) is 14.7. The Balaban J connectivity index is 1.12. The number of benzene rings is 4. The summed E-state index contributed by atoms with van der Waals surface area (Å²) in [7, 11) is 0. The Bertz CT molecular complexity index is 1690. The molecule has 0 saturated carbocycles. The molecule has 0 unspecified atom stereocenters. The number of unbranched alkanes of at least 4 members (excludes halogenated alkanes) is 16. The maximum absolute atomic E-state index is 12.8. The number of carbonyl (C=O) groups is 2. The van der Waals surface area contributed by atoms with Gasteiger partial charge in [-0.15, -0.1) is 0 Å². The zero-order valence-electron chi connectivity index (χ0n) is 34.0. The lowest BCUT2D eigenvalue weighted by atomic mass is 10.1. The Morgan fingerprint density at radius 1 is 0.411 bits per heavy atom. The van der Waals surface area contributed by atoms with Crippen LogP contribution in [0.2, 0.25) is 0 Å². The van der Waals surface area contributed by atoms with Crippen LogP contribution in [0, 0.1) is 0 Å². The van der Waals surface area contributed by atoms with Gasteiger partial charge in [0.15, 0.2) is 0 Å². The predicted octanol–water partition coefficient (Wildman–Crippen LogP) is 14.1. The SMILES string of the molecule is CCCCCCCCCCCCOc1ccc(C(=O)Oc2ccc(C(=O)Oc3ccc(/C=C/c4cccc(OCCCCCCCCCC)c4)cc3)cc2)cc1. The number of esters is 2. The molecule has 0 N–H and O–H groups in total. The minimum atomic E-state index is -0.497. The summed E-state index contributed by atoms with van der Waals surface area (Å²) in [6.45, 7) is 5.92. The molecule has 0 radical (unpaired) electrons. The molecule has 0 atom stereocenters. The molecule has 0 aliphatic rings. The van der Waals surface area contributed by atoms with E-state index in [0.717, 1.165) is 42.1 Å². The summed E-state index contributed by atoms with van der Waals surface area (Å²) in [5, 5.41) is 0. The molecule has 0 amide bonds. The Kier molecular flexibility index (Phi) is 21.1. The normalized spacial score (nSPS) is 11.1. The van der Waals surface area contributed by atoms with Gasteiger partial charge in [0.1, 0.15) is 23.0 Å². The molecule has 0 aliphatic carbocycles. The molecule has 6 heteroatoms. The summed E-state index contributed by atoms with van der Waals surface area (Å²) in [5.41, 5.74) is 2.81. The maximum Gasteiger partial charge on any atom is 0.343 e. The van der Waals surface area contributed by atoms with Gasteiger partial charge in [-0.3, -0.25) is 0 Å². The molecule has 0 fully saturated rings. The fraction of sp³-hybridized carbons (Fsp3) is 0.440. The zero-order valence-corrected chi connectivity index (χ0v) is 34.0. The summed E-state index contributed by atoms with van der Waals surface area (Å²) in [6.07, 6.45) is 27.2. The Labute approximate surface area is 336 Å². The number of hydrogen-bond acceptors (Lipinski definition) is 6. The molecule has 56 heavy (non-hydrogen) atoms. The molecule has 6 nitrogen and oxygen atoms in total. The van der Waals surface area contributed by atoms with E-state index in [2.05, 4.69) is 26.0 Å². The van der Waals surface area contributed by atoms with E-state index < -0.39 is 11.9 Å². The third-order valence-corrected chi connectivity index (χ3v) is 9.84. The molecule has 0 saturated heterocycles. The largest absolute Gasteiger partial charge is 0.494 e.